The van der Waals surface area contributed by atoms with Gasteiger partial charge >= 0.3 is 0 Å². The van der Waals surface area contributed by atoms with E-state index >= 15 is 0 Å². The highest BCUT2D eigenvalue weighted by atomic mass is 14.9. The molecule has 7 rings (SSSR count). The Hall–Kier alpha value is -3.59. The third-order valence-electron chi connectivity index (χ3n) is 5.71. The third kappa shape index (κ3) is 1.28. The maximum atomic E-state index is 4.83. The number of pyridine rings is 1. The molecule has 0 atom stereocenters. The Labute approximate surface area is 147 Å². The molecule has 0 amide bonds. The van der Waals surface area contributed by atoms with E-state index in [4.69, 9.17) is 4.98 Å². The zero-order valence-electron chi connectivity index (χ0n) is 13.8. The molecule has 7 aromatic rings. The number of para-hydroxylation sites is 1. The molecule has 0 aliphatic heterocycles. The molecule has 1 N–H and O–H groups in total. The van der Waals surface area contributed by atoms with Crippen LogP contribution in [0.1, 0.15) is 0 Å². The number of fused-ring (bicyclic) bond motifs is 5. The van der Waals surface area contributed by atoms with Crippen molar-refractivity contribution in [2.75, 3.05) is 0 Å². The number of hydrogen-bond acceptors (Lipinski definition) is 1. The van der Waals surface area contributed by atoms with Crippen LogP contribution in [0, 0.1) is 0 Å². The van der Waals surface area contributed by atoms with Crippen molar-refractivity contribution >= 4 is 60.0 Å². The number of aromatic nitrogens is 3. The largest absolute Gasteiger partial charge is 0.354 e. The first kappa shape index (κ1) is 12.7. The van der Waals surface area contributed by atoms with Gasteiger partial charge in [-0.3, -0.25) is 4.98 Å². The monoisotopic (exact) mass is 331 g/mol. The van der Waals surface area contributed by atoms with E-state index < -0.39 is 0 Å². The van der Waals surface area contributed by atoms with Crippen molar-refractivity contribution in [3.05, 3.63) is 72.9 Å². The van der Waals surface area contributed by atoms with E-state index in [-0.39, 0.29) is 0 Å². The molecule has 0 saturated heterocycles. The minimum atomic E-state index is 1.06. The second-order valence-corrected chi connectivity index (χ2v) is 6.96. The summed E-state index contributed by atoms with van der Waals surface area (Å²) in [6.45, 7) is 0. The molecule has 3 heteroatoms. The van der Waals surface area contributed by atoms with Gasteiger partial charge < -0.3 is 9.38 Å². The van der Waals surface area contributed by atoms with E-state index in [0.717, 1.165) is 5.52 Å². The van der Waals surface area contributed by atoms with E-state index in [2.05, 4.69) is 76.1 Å². The number of nitrogens with one attached hydrogen (secondary N) is 1. The molecule has 0 saturated carbocycles. The van der Waals surface area contributed by atoms with Gasteiger partial charge in [0, 0.05) is 44.2 Å². The normalized spacial score (nSPS) is 12.6. The van der Waals surface area contributed by atoms with Crippen LogP contribution in [-0.4, -0.2) is 14.4 Å². The van der Waals surface area contributed by atoms with E-state index in [1.807, 2.05) is 6.20 Å². The Morgan fingerprint density at radius 2 is 1.42 bits per heavy atom. The number of rotatable bonds is 0. The summed E-state index contributed by atoms with van der Waals surface area (Å²) >= 11 is 0. The second-order valence-electron chi connectivity index (χ2n) is 6.96. The smallest absolute Gasteiger partial charge is 0.0955 e. The van der Waals surface area contributed by atoms with Crippen molar-refractivity contribution in [2.24, 2.45) is 0 Å². The number of H-pyrrole nitrogens is 1. The predicted octanol–water partition coefficient (Wildman–Crippen LogP) is 5.87. The molecule has 0 spiro atoms. The lowest BCUT2D eigenvalue weighted by molar-refractivity contribution is 1.33. The van der Waals surface area contributed by atoms with Gasteiger partial charge in [-0.2, -0.15) is 0 Å². The fourth-order valence-corrected chi connectivity index (χ4v) is 4.72. The lowest BCUT2D eigenvalue weighted by atomic mass is 10.1. The number of nitrogens with zero attached hydrogens (tertiary/aromatic N) is 2. The standard InChI is InChI=1S/C23H13N3/c1-2-9-18-13(5-1)14-11-12-24-22-15-6-3-7-16-20(15)21-17(25-16)8-4-10-19(21)26(18)23(14)22/h1-12,25H. The zero-order valence-corrected chi connectivity index (χ0v) is 13.8. The molecular weight excluding hydrogens is 318 g/mol. The summed E-state index contributed by atoms with van der Waals surface area (Å²) in [4.78, 5) is 8.42. The van der Waals surface area contributed by atoms with Crippen LogP contribution in [0.5, 0.6) is 0 Å². The highest BCUT2D eigenvalue weighted by Gasteiger charge is 2.18. The average molecular weight is 331 g/mol. The molecule has 3 aromatic carbocycles. The molecule has 0 fully saturated rings. The highest BCUT2D eigenvalue weighted by Crippen LogP contribution is 2.40. The van der Waals surface area contributed by atoms with Crippen LogP contribution < -0.4 is 0 Å². The van der Waals surface area contributed by atoms with Gasteiger partial charge in [-0.15, -0.1) is 0 Å². The van der Waals surface area contributed by atoms with E-state index in [9.17, 15) is 0 Å². The van der Waals surface area contributed by atoms with Gasteiger partial charge in [-0.1, -0.05) is 36.4 Å². The van der Waals surface area contributed by atoms with Crippen molar-refractivity contribution in [1.29, 1.82) is 0 Å². The first-order chi connectivity index (χ1) is 12.9. The van der Waals surface area contributed by atoms with Crippen LogP contribution >= 0.6 is 0 Å². The Bertz CT molecular complexity index is 1630. The fraction of sp³-hybridized carbons (Fsp3) is 0. The molecule has 0 aliphatic carbocycles. The molecule has 0 radical (unpaired) electrons. The minimum absolute atomic E-state index is 1.06. The van der Waals surface area contributed by atoms with Gasteiger partial charge in [0.1, 0.15) is 0 Å². The molecule has 0 bridgehead atoms. The summed E-state index contributed by atoms with van der Waals surface area (Å²) in [7, 11) is 0. The first-order valence-electron chi connectivity index (χ1n) is 8.84. The van der Waals surface area contributed by atoms with Gasteiger partial charge in [0.15, 0.2) is 0 Å². The average Bonchev–Trinajstić information content (AvgIpc) is 3.19. The molecule has 26 heavy (non-hydrogen) atoms. The van der Waals surface area contributed by atoms with Gasteiger partial charge in [0.05, 0.1) is 22.1 Å². The minimum Gasteiger partial charge on any atom is -0.354 e. The summed E-state index contributed by atoms with van der Waals surface area (Å²) in [5.41, 5.74) is 7.04. The SMILES string of the molecule is c1cc2[nH]c3cccc4c3c2c(c1)c1nccc2c3ccccc3n4c21. The van der Waals surface area contributed by atoms with Crippen molar-refractivity contribution in [3.8, 4) is 0 Å². The summed E-state index contributed by atoms with van der Waals surface area (Å²) < 4.78 is 2.39. The Balaban J connectivity index is 2.07. The van der Waals surface area contributed by atoms with Gasteiger partial charge in [0.2, 0.25) is 0 Å². The van der Waals surface area contributed by atoms with E-state index in [0.29, 0.717) is 0 Å². The van der Waals surface area contributed by atoms with Crippen LogP contribution in [0.15, 0.2) is 72.9 Å². The highest BCUT2D eigenvalue weighted by molar-refractivity contribution is 6.29. The van der Waals surface area contributed by atoms with Crippen LogP contribution in [-0.2, 0) is 0 Å². The molecule has 120 valence electrons. The topological polar surface area (TPSA) is 33.1 Å². The lowest BCUT2D eigenvalue weighted by Crippen LogP contribution is -1.85. The van der Waals surface area contributed by atoms with Crippen LogP contribution in [0.3, 0.4) is 0 Å². The molecule has 3 nitrogen and oxygen atoms in total. The molecule has 4 aromatic heterocycles. The molecule has 0 unspecified atom stereocenters. The Morgan fingerprint density at radius 3 is 2.38 bits per heavy atom. The number of aromatic amines is 1. The van der Waals surface area contributed by atoms with Crippen molar-refractivity contribution in [3.63, 3.8) is 0 Å². The quantitative estimate of drug-likeness (QED) is 0.370. The van der Waals surface area contributed by atoms with Gasteiger partial charge in [-0.25, -0.2) is 0 Å². The fourth-order valence-electron chi connectivity index (χ4n) is 4.72. The first-order valence-corrected chi connectivity index (χ1v) is 8.84. The molecule has 0 aliphatic rings. The lowest BCUT2D eigenvalue weighted by Gasteiger charge is -2.00. The van der Waals surface area contributed by atoms with Gasteiger partial charge in [-0.05, 0) is 30.3 Å². The number of hydrogen-bond donors (Lipinski definition) is 1. The maximum Gasteiger partial charge on any atom is 0.0955 e. The molecular formula is C23H13N3. The molecule has 4 heterocycles. The van der Waals surface area contributed by atoms with Crippen molar-refractivity contribution < 1.29 is 0 Å². The van der Waals surface area contributed by atoms with E-state index in [1.165, 1.54) is 54.5 Å². The zero-order chi connectivity index (χ0) is 16.8. The summed E-state index contributed by atoms with van der Waals surface area (Å²) in [6.07, 6.45) is 1.94. The van der Waals surface area contributed by atoms with Crippen LogP contribution in [0.4, 0.5) is 0 Å². The summed E-state index contributed by atoms with van der Waals surface area (Å²) in [5, 5.41) is 6.28. The van der Waals surface area contributed by atoms with Crippen LogP contribution in [0.25, 0.3) is 60.0 Å². The summed E-state index contributed by atoms with van der Waals surface area (Å²) in [5.74, 6) is 0. The van der Waals surface area contributed by atoms with Crippen molar-refractivity contribution in [2.45, 2.75) is 0 Å². The second kappa shape index (κ2) is 4.14. The summed E-state index contributed by atoms with van der Waals surface area (Å²) in [6, 6.07) is 23.8. The maximum absolute atomic E-state index is 4.83. The van der Waals surface area contributed by atoms with Gasteiger partial charge in [0.25, 0.3) is 0 Å². The van der Waals surface area contributed by atoms with Crippen LogP contribution in [0.2, 0.25) is 0 Å². The third-order valence-corrected chi connectivity index (χ3v) is 5.71. The van der Waals surface area contributed by atoms with Crippen molar-refractivity contribution in [1.82, 2.24) is 14.4 Å². The Morgan fingerprint density at radius 1 is 0.654 bits per heavy atom. The van der Waals surface area contributed by atoms with E-state index in [1.54, 1.807) is 0 Å². The predicted molar refractivity (Wildman–Crippen MR) is 108 cm³/mol. The number of benzene rings is 3. The Kier molecular flexibility index (Phi) is 2.03.